The zero-order chi connectivity index (χ0) is 15.1. The lowest BCUT2D eigenvalue weighted by Crippen LogP contribution is -2.33. The van der Waals surface area contributed by atoms with Crippen LogP contribution in [-0.2, 0) is 11.9 Å². The molecule has 0 radical (unpaired) electrons. The van der Waals surface area contributed by atoms with Crippen molar-refractivity contribution in [2.24, 2.45) is 7.05 Å². The van der Waals surface area contributed by atoms with Crippen molar-refractivity contribution in [2.75, 3.05) is 0 Å². The molecule has 0 aliphatic carbocycles. The topological polar surface area (TPSA) is 81.5 Å². The molecule has 8 heteroatoms. The summed E-state index contributed by atoms with van der Waals surface area (Å²) in [6.45, 7) is 0. The van der Waals surface area contributed by atoms with Gasteiger partial charge in [0.1, 0.15) is 0 Å². The van der Waals surface area contributed by atoms with Crippen LogP contribution in [0.2, 0.25) is 5.02 Å². The standard InChI is InChI=1S/C13H8ClN3O4/c1-16-10(9(14)6-15-16)13(20)21-17-11(18)7-4-2-3-5-8(7)12(17)19/h2-6H,1H3. The lowest BCUT2D eigenvalue weighted by atomic mass is 10.1. The Hall–Kier alpha value is -2.67. The number of hydrogen-bond acceptors (Lipinski definition) is 5. The number of hydrogen-bond donors (Lipinski definition) is 0. The van der Waals surface area contributed by atoms with E-state index in [0.29, 0.717) is 5.06 Å². The quantitative estimate of drug-likeness (QED) is 0.784. The number of benzene rings is 1. The summed E-state index contributed by atoms with van der Waals surface area (Å²) >= 11 is 5.81. The largest absolute Gasteiger partial charge is 0.383 e. The Morgan fingerprint density at radius 2 is 1.76 bits per heavy atom. The molecule has 1 aromatic carbocycles. The van der Waals surface area contributed by atoms with Gasteiger partial charge in [0.2, 0.25) is 0 Å². The molecule has 106 valence electrons. The highest BCUT2D eigenvalue weighted by atomic mass is 35.5. The van der Waals surface area contributed by atoms with Crippen LogP contribution in [-0.4, -0.2) is 32.6 Å². The van der Waals surface area contributed by atoms with Crippen molar-refractivity contribution in [1.29, 1.82) is 0 Å². The van der Waals surface area contributed by atoms with Crippen molar-refractivity contribution < 1.29 is 19.2 Å². The van der Waals surface area contributed by atoms with Crippen molar-refractivity contribution in [3.05, 3.63) is 52.3 Å². The molecule has 7 nitrogen and oxygen atoms in total. The molecule has 3 rings (SSSR count). The van der Waals surface area contributed by atoms with Crippen LogP contribution in [0.1, 0.15) is 31.2 Å². The van der Waals surface area contributed by atoms with Crippen LogP contribution in [0.5, 0.6) is 0 Å². The van der Waals surface area contributed by atoms with Crippen LogP contribution in [0.15, 0.2) is 30.5 Å². The Bertz CT molecular complexity index is 729. The molecule has 2 heterocycles. The average Bonchev–Trinajstić information content (AvgIpc) is 2.92. The molecule has 0 unspecified atom stereocenters. The fourth-order valence-electron chi connectivity index (χ4n) is 2.02. The first-order valence-electron chi connectivity index (χ1n) is 5.88. The lowest BCUT2D eigenvalue weighted by Gasteiger charge is -2.12. The maximum absolute atomic E-state index is 12.1. The van der Waals surface area contributed by atoms with Gasteiger partial charge in [-0.3, -0.25) is 14.3 Å². The molecule has 0 saturated carbocycles. The zero-order valence-corrected chi connectivity index (χ0v) is 11.5. The minimum absolute atomic E-state index is 0.0479. The summed E-state index contributed by atoms with van der Waals surface area (Å²) in [6.07, 6.45) is 1.26. The number of amides is 2. The molecular weight excluding hydrogens is 298 g/mol. The molecule has 1 aliphatic rings. The summed E-state index contributed by atoms with van der Waals surface area (Å²) in [5.41, 5.74) is 0.325. The molecule has 2 amide bonds. The highest BCUT2D eigenvalue weighted by molar-refractivity contribution is 6.33. The van der Waals surface area contributed by atoms with Gasteiger partial charge in [0, 0.05) is 7.05 Å². The third kappa shape index (κ3) is 1.98. The van der Waals surface area contributed by atoms with E-state index in [1.165, 1.54) is 30.1 Å². The van der Waals surface area contributed by atoms with Gasteiger partial charge in [-0.05, 0) is 12.1 Å². The smallest absolute Gasteiger partial charge is 0.322 e. The summed E-state index contributed by atoms with van der Waals surface area (Å²) in [7, 11) is 1.49. The Morgan fingerprint density at radius 1 is 1.19 bits per heavy atom. The molecule has 0 fully saturated rings. The molecule has 0 saturated heterocycles. The van der Waals surface area contributed by atoms with Gasteiger partial charge in [0.15, 0.2) is 5.69 Å². The molecule has 0 N–H and O–H groups in total. The minimum atomic E-state index is -0.936. The first-order valence-corrected chi connectivity index (χ1v) is 6.26. The van der Waals surface area contributed by atoms with Gasteiger partial charge in [-0.25, -0.2) is 4.79 Å². The first kappa shape index (κ1) is 13.3. The third-order valence-electron chi connectivity index (χ3n) is 3.02. The van der Waals surface area contributed by atoms with Crippen molar-refractivity contribution >= 4 is 29.4 Å². The number of fused-ring (bicyclic) bond motifs is 1. The Labute approximate surface area is 123 Å². The number of rotatable bonds is 2. The number of carbonyl (C=O) groups is 3. The van der Waals surface area contributed by atoms with Gasteiger partial charge in [-0.1, -0.05) is 28.8 Å². The van der Waals surface area contributed by atoms with Crippen molar-refractivity contribution in [3.8, 4) is 0 Å². The maximum atomic E-state index is 12.1. The van der Waals surface area contributed by atoms with Crippen LogP contribution in [0.4, 0.5) is 0 Å². The summed E-state index contributed by atoms with van der Waals surface area (Å²) in [5, 5.41) is 4.28. The number of nitrogens with zero attached hydrogens (tertiary/aromatic N) is 3. The zero-order valence-electron chi connectivity index (χ0n) is 10.7. The van der Waals surface area contributed by atoms with E-state index in [1.54, 1.807) is 12.1 Å². The van der Waals surface area contributed by atoms with Gasteiger partial charge in [-0.15, -0.1) is 0 Å². The molecule has 1 aliphatic heterocycles. The number of aryl methyl sites for hydroxylation is 1. The predicted molar refractivity (Wildman–Crippen MR) is 70.6 cm³/mol. The fraction of sp³-hybridized carbons (Fsp3) is 0.0769. The number of hydroxylamine groups is 2. The molecule has 0 spiro atoms. The molecule has 1 aromatic heterocycles. The summed E-state index contributed by atoms with van der Waals surface area (Å²) in [4.78, 5) is 41.0. The first-order chi connectivity index (χ1) is 10.0. The van der Waals surface area contributed by atoms with E-state index < -0.39 is 17.8 Å². The van der Waals surface area contributed by atoms with E-state index in [2.05, 4.69) is 5.10 Å². The highest BCUT2D eigenvalue weighted by Gasteiger charge is 2.39. The maximum Gasteiger partial charge on any atom is 0.383 e. The van der Waals surface area contributed by atoms with Gasteiger partial charge < -0.3 is 4.84 Å². The SMILES string of the molecule is Cn1ncc(Cl)c1C(=O)ON1C(=O)c2ccccc2C1=O. The average molecular weight is 306 g/mol. The minimum Gasteiger partial charge on any atom is -0.322 e. The monoisotopic (exact) mass is 305 g/mol. The molecule has 21 heavy (non-hydrogen) atoms. The molecule has 2 aromatic rings. The molecular formula is C13H8ClN3O4. The lowest BCUT2D eigenvalue weighted by molar-refractivity contribution is -0.0591. The van der Waals surface area contributed by atoms with Gasteiger partial charge >= 0.3 is 5.97 Å². The summed E-state index contributed by atoms with van der Waals surface area (Å²) < 4.78 is 1.20. The predicted octanol–water partition coefficient (Wildman–Crippen LogP) is 1.44. The number of halogens is 1. The van der Waals surface area contributed by atoms with Crippen LogP contribution >= 0.6 is 11.6 Å². The van der Waals surface area contributed by atoms with E-state index in [0.717, 1.165) is 0 Å². The second-order valence-electron chi connectivity index (χ2n) is 4.29. The van der Waals surface area contributed by atoms with Crippen LogP contribution in [0.25, 0.3) is 0 Å². The van der Waals surface area contributed by atoms with E-state index in [-0.39, 0.29) is 21.8 Å². The van der Waals surface area contributed by atoms with E-state index in [1.807, 2.05) is 0 Å². The van der Waals surface area contributed by atoms with Crippen LogP contribution in [0.3, 0.4) is 0 Å². The van der Waals surface area contributed by atoms with Crippen LogP contribution in [0, 0.1) is 0 Å². The summed E-state index contributed by atoms with van der Waals surface area (Å²) in [5.74, 6) is -2.32. The molecule has 0 atom stereocenters. The van der Waals surface area contributed by atoms with E-state index in [4.69, 9.17) is 16.4 Å². The van der Waals surface area contributed by atoms with Crippen molar-refractivity contribution in [3.63, 3.8) is 0 Å². The number of imide groups is 1. The second-order valence-corrected chi connectivity index (χ2v) is 4.70. The van der Waals surface area contributed by atoms with Gasteiger partial charge in [-0.2, -0.15) is 5.10 Å². The third-order valence-corrected chi connectivity index (χ3v) is 3.30. The van der Waals surface area contributed by atoms with Crippen LogP contribution < -0.4 is 0 Å². The highest BCUT2D eigenvalue weighted by Crippen LogP contribution is 2.24. The molecule has 0 bridgehead atoms. The van der Waals surface area contributed by atoms with E-state index in [9.17, 15) is 14.4 Å². The van der Waals surface area contributed by atoms with Crippen molar-refractivity contribution in [1.82, 2.24) is 14.8 Å². The Kier molecular flexibility index (Phi) is 2.99. The van der Waals surface area contributed by atoms with E-state index >= 15 is 0 Å². The van der Waals surface area contributed by atoms with Gasteiger partial charge in [0.25, 0.3) is 11.8 Å². The number of aromatic nitrogens is 2. The normalized spacial score (nSPS) is 13.5. The fourth-order valence-corrected chi connectivity index (χ4v) is 2.26. The Balaban J connectivity index is 1.89. The van der Waals surface area contributed by atoms with Gasteiger partial charge in [0.05, 0.1) is 22.3 Å². The summed E-state index contributed by atoms with van der Waals surface area (Å²) in [6, 6.07) is 6.21. The Morgan fingerprint density at radius 3 is 2.24 bits per heavy atom. The van der Waals surface area contributed by atoms with Crippen molar-refractivity contribution in [2.45, 2.75) is 0 Å². The second kappa shape index (κ2) is 4.71. The number of carbonyl (C=O) groups excluding carboxylic acids is 3.